The van der Waals surface area contributed by atoms with Gasteiger partial charge < -0.3 is 10.0 Å². The number of aromatic nitrogens is 1. The Morgan fingerprint density at radius 2 is 2.06 bits per heavy atom. The number of nitrogens with zero attached hydrogens (tertiary/aromatic N) is 2. The second-order valence-corrected chi connectivity index (χ2v) is 5.53. The van der Waals surface area contributed by atoms with E-state index in [0.717, 1.165) is 29.4 Å². The smallest absolute Gasteiger partial charge is 0.131 e. The molecular weight excluding hydrogens is 224 g/mol. The standard InChI is InChI=1S/C15H24N2O/c1-12-8-14(11-18)9-16-15(12)17(2)10-13-6-4-3-5-7-13/h8-9,13,18H,3-7,10-11H2,1-2H3. The van der Waals surface area contributed by atoms with Gasteiger partial charge in [-0.05, 0) is 42.9 Å². The zero-order valence-corrected chi connectivity index (χ0v) is 11.5. The normalized spacial score (nSPS) is 16.8. The van der Waals surface area contributed by atoms with Gasteiger partial charge in [0, 0.05) is 19.8 Å². The lowest BCUT2D eigenvalue weighted by atomic mass is 9.89. The first-order chi connectivity index (χ1) is 8.70. The number of rotatable bonds is 4. The molecule has 1 aromatic heterocycles. The molecule has 1 N–H and O–H groups in total. The molecule has 0 unspecified atom stereocenters. The Balaban J connectivity index is 2.01. The van der Waals surface area contributed by atoms with E-state index in [4.69, 9.17) is 5.11 Å². The fourth-order valence-corrected chi connectivity index (χ4v) is 2.96. The highest BCUT2D eigenvalue weighted by Gasteiger charge is 2.17. The second kappa shape index (κ2) is 6.19. The summed E-state index contributed by atoms with van der Waals surface area (Å²) in [6.07, 6.45) is 8.67. The Bertz CT molecular complexity index is 386. The van der Waals surface area contributed by atoms with Gasteiger partial charge in [-0.1, -0.05) is 19.3 Å². The monoisotopic (exact) mass is 248 g/mol. The Hall–Kier alpha value is -1.09. The first-order valence-corrected chi connectivity index (χ1v) is 6.98. The molecule has 1 aliphatic rings. The molecule has 3 heteroatoms. The summed E-state index contributed by atoms with van der Waals surface area (Å²) in [5.41, 5.74) is 2.04. The van der Waals surface area contributed by atoms with Crippen molar-refractivity contribution in [2.24, 2.45) is 5.92 Å². The van der Waals surface area contributed by atoms with Gasteiger partial charge in [-0.3, -0.25) is 0 Å². The van der Waals surface area contributed by atoms with Crippen molar-refractivity contribution in [3.63, 3.8) is 0 Å². The average Bonchev–Trinajstić information content (AvgIpc) is 2.39. The molecule has 0 amide bonds. The van der Waals surface area contributed by atoms with Crippen LogP contribution in [0.3, 0.4) is 0 Å². The third kappa shape index (κ3) is 3.22. The molecule has 1 saturated carbocycles. The van der Waals surface area contributed by atoms with E-state index in [0.29, 0.717) is 0 Å². The number of aryl methyl sites for hydroxylation is 1. The number of hydrogen-bond donors (Lipinski definition) is 1. The van der Waals surface area contributed by atoms with E-state index in [1.807, 2.05) is 6.07 Å². The maximum Gasteiger partial charge on any atom is 0.131 e. The molecule has 2 rings (SSSR count). The van der Waals surface area contributed by atoms with Gasteiger partial charge in [0.2, 0.25) is 0 Å². The predicted molar refractivity (Wildman–Crippen MR) is 74.7 cm³/mol. The van der Waals surface area contributed by atoms with Gasteiger partial charge in [-0.25, -0.2) is 4.98 Å². The predicted octanol–water partition coefficient (Wildman–Crippen LogP) is 2.90. The summed E-state index contributed by atoms with van der Waals surface area (Å²) in [6.45, 7) is 3.24. The van der Waals surface area contributed by atoms with Crippen LogP contribution < -0.4 is 4.90 Å². The molecule has 0 spiro atoms. The van der Waals surface area contributed by atoms with E-state index in [9.17, 15) is 0 Å². The van der Waals surface area contributed by atoms with Crippen molar-refractivity contribution >= 4 is 5.82 Å². The minimum atomic E-state index is 0.0699. The van der Waals surface area contributed by atoms with Crippen molar-refractivity contribution in [3.05, 3.63) is 23.4 Å². The van der Waals surface area contributed by atoms with Crippen LogP contribution in [0.2, 0.25) is 0 Å². The van der Waals surface area contributed by atoms with Crippen LogP contribution >= 0.6 is 0 Å². The van der Waals surface area contributed by atoms with Crippen molar-refractivity contribution < 1.29 is 5.11 Å². The molecule has 0 saturated heterocycles. The molecule has 100 valence electrons. The van der Waals surface area contributed by atoms with Gasteiger partial charge in [0.25, 0.3) is 0 Å². The third-order valence-corrected chi connectivity index (χ3v) is 3.91. The molecule has 0 radical (unpaired) electrons. The molecule has 0 aromatic carbocycles. The van der Waals surface area contributed by atoms with Crippen LogP contribution in [0.4, 0.5) is 5.82 Å². The van der Waals surface area contributed by atoms with Crippen molar-refractivity contribution in [1.29, 1.82) is 0 Å². The van der Waals surface area contributed by atoms with Crippen LogP contribution in [0.1, 0.15) is 43.2 Å². The minimum Gasteiger partial charge on any atom is -0.392 e. The Morgan fingerprint density at radius 3 is 2.67 bits per heavy atom. The Kier molecular flexibility index (Phi) is 4.59. The Labute approximate surface area is 110 Å². The van der Waals surface area contributed by atoms with Gasteiger partial charge in [0.15, 0.2) is 0 Å². The highest BCUT2D eigenvalue weighted by molar-refractivity contribution is 5.46. The summed E-state index contributed by atoms with van der Waals surface area (Å²) in [6, 6.07) is 2.03. The topological polar surface area (TPSA) is 36.4 Å². The van der Waals surface area contributed by atoms with E-state index in [1.165, 1.54) is 32.1 Å². The second-order valence-electron chi connectivity index (χ2n) is 5.53. The van der Waals surface area contributed by atoms with Crippen LogP contribution in [0.25, 0.3) is 0 Å². The quantitative estimate of drug-likeness (QED) is 0.890. The first kappa shape index (κ1) is 13.3. The summed E-state index contributed by atoms with van der Waals surface area (Å²) < 4.78 is 0. The maximum atomic E-state index is 9.10. The van der Waals surface area contributed by atoms with Gasteiger partial charge in [0.05, 0.1) is 6.61 Å². The number of aliphatic hydroxyl groups is 1. The fourth-order valence-electron chi connectivity index (χ4n) is 2.96. The van der Waals surface area contributed by atoms with Crippen molar-refractivity contribution in [2.45, 2.75) is 45.6 Å². The van der Waals surface area contributed by atoms with Crippen LogP contribution in [-0.2, 0) is 6.61 Å². The van der Waals surface area contributed by atoms with Gasteiger partial charge in [0.1, 0.15) is 5.82 Å². The molecule has 0 atom stereocenters. The number of aliphatic hydroxyl groups excluding tert-OH is 1. The number of hydrogen-bond acceptors (Lipinski definition) is 3. The summed E-state index contributed by atoms with van der Waals surface area (Å²) in [7, 11) is 2.13. The highest BCUT2D eigenvalue weighted by Crippen LogP contribution is 2.26. The average molecular weight is 248 g/mol. The largest absolute Gasteiger partial charge is 0.392 e. The zero-order chi connectivity index (χ0) is 13.0. The van der Waals surface area contributed by atoms with Gasteiger partial charge in [-0.15, -0.1) is 0 Å². The van der Waals surface area contributed by atoms with Crippen LogP contribution in [0, 0.1) is 12.8 Å². The lowest BCUT2D eigenvalue weighted by Gasteiger charge is -2.28. The number of anilines is 1. The summed E-state index contributed by atoms with van der Waals surface area (Å²) in [5, 5.41) is 9.10. The lowest BCUT2D eigenvalue weighted by Crippen LogP contribution is -2.28. The molecule has 18 heavy (non-hydrogen) atoms. The van der Waals surface area contributed by atoms with Crippen LogP contribution in [-0.4, -0.2) is 23.7 Å². The van der Waals surface area contributed by atoms with Crippen molar-refractivity contribution in [2.75, 3.05) is 18.5 Å². The third-order valence-electron chi connectivity index (χ3n) is 3.91. The molecule has 3 nitrogen and oxygen atoms in total. The van der Waals surface area contributed by atoms with Crippen LogP contribution in [0.15, 0.2) is 12.3 Å². The highest BCUT2D eigenvalue weighted by atomic mass is 16.3. The first-order valence-electron chi connectivity index (χ1n) is 6.98. The van der Waals surface area contributed by atoms with E-state index in [2.05, 4.69) is 23.9 Å². The maximum absolute atomic E-state index is 9.10. The summed E-state index contributed by atoms with van der Waals surface area (Å²) >= 11 is 0. The molecule has 0 bridgehead atoms. The van der Waals surface area contributed by atoms with E-state index >= 15 is 0 Å². The molecule has 1 fully saturated rings. The summed E-state index contributed by atoms with van der Waals surface area (Å²) in [4.78, 5) is 6.75. The van der Waals surface area contributed by atoms with Crippen molar-refractivity contribution in [3.8, 4) is 0 Å². The van der Waals surface area contributed by atoms with Crippen LogP contribution in [0.5, 0.6) is 0 Å². The van der Waals surface area contributed by atoms with E-state index in [1.54, 1.807) is 6.20 Å². The molecular formula is C15H24N2O. The van der Waals surface area contributed by atoms with E-state index in [-0.39, 0.29) is 6.61 Å². The zero-order valence-electron chi connectivity index (χ0n) is 11.5. The van der Waals surface area contributed by atoms with Crippen molar-refractivity contribution in [1.82, 2.24) is 4.98 Å². The fraction of sp³-hybridized carbons (Fsp3) is 0.667. The van der Waals surface area contributed by atoms with E-state index < -0.39 is 0 Å². The van der Waals surface area contributed by atoms with Gasteiger partial charge in [-0.2, -0.15) is 0 Å². The lowest BCUT2D eigenvalue weighted by molar-refractivity contribution is 0.281. The SMILES string of the molecule is Cc1cc(CO)cnc1N(C)CC1CCCCC1. The van der Waals surface area contributed by atoms with Gasteiger partial charge >= 0.3 is 0 Å². The molecule has 1 heterocycles. The minimum absolute atomic E-state index is 0.0699. The Morgan fingerprint density at radius 1 is 1.33 bits per heavy atom. The molecule has 0 aliphatic heterocycles. The summed E-state index contributed by atoms with van der Waals surface area (Å²) in [5.74, 6) is 1.88. The molecule has 1 aliphatic carbocycles. The molecule has 1 aromatic rings. The number of pyridine rings is 1.